The Hall–Kier alpha value is -2.74. The van der Waals surface area contributed by atoms with Crippen LogP contribution in [0.1, 0.15) is 11.4 Å². The molecule has 0 spiro atoms. The fraction of sp³-hybridized carbons (Fsp3) is 0.118. The maximum atomic E-state index is 13.8. The molecule has 25 heavy (non-hydrogen) atoms. The fourth-order valence-electron chi connectivity index (χ4n) is 2.54. The van der Waals surface area contributed by atoms with E-state index in [4.69, 9.17) is 0 Å². The van der Waals surface area contributed by atoms with Crippen molar-refractivity contribution in [1.82, 2.24) is 9.78 Å². The first-order chi connectivity index (χ1) is 11.8. The van der Waals surface area contributed by atoms with Crippen molar-refractivity contribution in [3.63, 3.8) is 0 Å². The van der Waals surface area contributed by atoms with Gasteiger partial charge in [-0.05, 0) is 38.1 Å². The number of aryl methyl sites for hydroxylation is 1. The number of sulfonamides is 1. The molecule has 0 aliphatic carbocycles. The Labute approximate surface area is 144 Å². The van der Waals surface area contributed by atoms with Crippen molar-refractivity contribution < 1.29 is 17.2 Å². The van der Waals surface area contributed by atoms with Gasteiger partial charge >= 0.3 is 0 Å². The van der Waals surface area contributed by atoms with Gasteiger partial charge in [0.2, 0.25) is 0 Å². The summed E-state index contributed by atoms with van der Waals surface area (Å²) >= 11 is 0. The third-order valence-corrected chi connectivity index (χ3v) is 5.12. The maximum Gasteiger partial charge on any atom is 0.267 e. The van der Waals surface area contributed by atoms with Crippen LogP contribution in [0.25, 0.3) is 5.69 Å². The minimum Gasteiger partial charge on any atom is -0.276 e. The number of hydrogen-bond donors (Lipinski definition) is 1. The third kappa shape index (κ3) is 3.12. The fourth-order valence-corrected chi connectivity index (χ4v) is 3.85. The van der Waals surface area contributed by atoms with Crippen LogP contribution in [-0.4, -0.2) is 18.2 Å². The van der Waals surface area contributed by atoms with Gasteiger partial charge in [-0.25, -0.2) is 21.9 Å². The van der Waals surface area contributed by atoms with Gasteiger partial charge in [-0.2, -0.15) is 5.10 Å². The number of para-hydroxylation sites is 1. The Morgan fingerprint density at radius 3 is 2.16 bits per heavy atom. The number of nitrogens with zero attached hydrogens (tertiary/aromatic N) is 2. The monoisotopic (exact) mass is 363 g/mol. The molecule has 0 unspecified atom stereocenters. The summed E-state index contributed by atoms with van der Waals surface area (Å²) in [6, 6.07) is 12.0. The van der Waals surface area contributed by atoms with Gasteiger partial charge in [0, 0.05) is 0 Å². The van der Waals surface area contributed by atoms with E-state index >= 15 is 0 Å². The Bertz CT molecular complexity index is 1010. The van der Waals surface area contributed by atoms with Crippen LogP contribution in [0.5, 0.6) is 0 Å². The lowest BCUT2D eigenvalue weighted by Gasteiger charge is -2.10. The second-order valence-electron chi connectivity index (χ2n) is 5.45. The average Bonchev–Trinajstić information content (AvgIpc) is 2.83. The predicted octanol–water partition coefficient (Wildman–Crippen LogP) is 3.57. The molecule has 8 heteroatoms. The Kier molecular flexibility index (Phi) is 4.30. The van der Waals surface area contributed by atoms with Crippen molar-refractivity contribution in [2.75, 3.05) is 4.72 Å². The number of hydrogen-bond acceptors (Lipinski definition) is 3. The highest BCUT2D eigenvalue weighted by molar-refractivity contribution is 7.92. The molecule has 0 radical (unpaired) electrons. The van der Waals surface area contributed by atoms with Gasteiger partial charge in [-0.15, -0.1) is 0 Å². The minimum atomic E-state index is -4.44. The summed E-state index contributed by atoms with van der Waals surface area (Å²) in [5, 5.41) is 4.31. The molecule has 1 aromatic heterocycles. The first-order valence-corrected chi connectivity index (χ1v) is 8.88. The quantitative estimate of drug-likeness (QED) is 0.771. The average molecular weight is 363 g/mol. The molecule has 1 N–H and O–H groups in total. The summed E-state index contributed by atoms with van der Waals surface area (Å²) in [5.74, 6) is -2.31. The summed E-state index contributed by atoms with van der Waals surface area (Å²) in [7, 11) is -4.44. The molecule has 0 amide bonds. The molecule has 2 aromatic carbocycles. The summed E-state index contributed by atoms with van der Waals surface area (Å²) in [6.07, 6.45) is 0. The summed E-state index contributed by atoms with van der Waals surface area (Å²) in [5.41, 5.74) is 1.82. The van der Waals surface area contributed by atoms with Crippen molar-refractivity contribution >= 4 is 15.7 Å². The van der Waals surface area contributed by atoms with E-state index in [9.17, 15) is 17.2 Å². The second-order valence-corrected chi connectivity index (χ2v) is 7.07. The molecule has 0 aliphatic heterocycles. The SMILES string of the molecule is Cc1nn(-c2ccccc2)c(C)c1NS(=O)(=O)c1c(F)cccc1F. The first kappa shape index (κ1) is 17.1. The molecule has 1 heterocycles. The van der Waals surface area contributed by atoms with E-state index in [1.54, 1.807) is 18.5 Å². The molecule has 0 saturated carbocycles. The highest BCUT2D eigenvalue weighted by Crippen LogP contribution is 2.27. The van der Waals surface area contributed by atoms with Crippen molar-refractivity contribution in [3.05, 3.63) is 71.6 Å². The van der Waals surface area contributed by atoms with Gasteiger partial charge in [0.15, 0.2) is 4.90 Å². The Morgan fingerprint density at radius 1 is 0.960 bits per heavy atom. The van der Waals surface area contributed by atoms with E-state index in [2.05, 4.69) is 9.82 Å². The van der Waals surface area contributed by atoms with Gasteiger partial charge in [-0.3, -0.25) is 4.72 Å². The molecular formula is C17H15F2N3O2S. The van der Waals surface area contributed by atoms with E-state index in [1.165, 1.54) is 0 Å². The van der Waals surface area contributed by atoms with Crippen LogP contribution < -0.4 is 4.72 Å². The topological polar surface area (TPSA) is 64.0 Å². The zero-order valence-corrected chi connectivity index (χ0v) is 14.3. The van der Waals surface area contributed by atoms with Crippen molar-refractivity contribution in [3.8, 4) is 5.69 Å². The molecular weight excluding hydrogens is 348 g/mol. The smallest absolute Gasteiger partial charge is 0.267 e. The highest BCUT2D eigenvalue weighted by Gasteiger charge is 2.26. The largest absolute Gasteiger partial charge is 0.276 e. The van der Waals surface area contributed by atoms with Crippen molar-refractivity contribution in [2.45, 2.75) is 18.7 Å². The standard InChI is InChI=1S/C17H15F2N3O2S/c1-11-16(12(2)22(20-11)13-7-4-3-5-8-13)21-25(23,24)17-14(18)9-6-10-15(17)19/h3-10,21H,1-2H3. The minimum absolute atomic E-state index is 0.187. The number of rotatable bonds is 4. The zero-order valence-electron chi connectivity index (χ0n) is 13.5. The maximum absolute atomic E-state index is 13.8. The first-order valence-electron chi connectivity index (χ1n) is 7.40. The van der Waals surface area contributed by atoms with Crippen molar-refractivity contribution in [2.24, 2.45) is 0 Å². The Balaban J connectivity index is 2.06. The summed E-state index contributed by atoms with van der Waals surface area (Å²) in [6.45, 7) is 3.28. The van der Waals surface area contributed by atoms with Crippen LogP contribution in [0.2, 0.25) is 0 Å². The van der Waals surface area contributed by atoms with Crippen molar-refractivity contribution in [1.29, 1.82) is 0 Å². The third-order valence-electron chi connectivity index (χ3n) is 3.72. The van der Waals surface area contributed by atoms with E-state index < -0.39 is 26.6 Å². The molecule has 5 nitrogen and oxygen atoms in total. The van der Waals surface area contributed by atoms with Crippen LogP contribution in [0, 0.1) is 25.5 Å². The summed E-state index contributed by atoms with van der Waals surface area (Å²) < 4.78 is 56.4. The van der Waals surface area contributed by atoms with Gasteiger partial charge < -0.3 is 0 Å². The molecule has 0 fully saturated rings. The molecule has 0 aliphatic rings. The zero-order chi connectivity index (χ0) is 18.2. The van der Waals surface area contributed by atoms with E-state index in [-0.39, 0.29) is 5.69 Å². The summed E-state index contributed by atoms with van der Waals surface area (Å²) in [4.78, 5) is -1.01. The van der Waals surface area contributed by atoms with Gasteiger partial charge in [-0.1, -0.05) is 24.3 Å². The lowest BCUT2D eigenvalue weighted by Crippen LogP contribution is -2.17. The predicted molar refractivity (Wildman–Crippen MR) is 90.2 cm³/mol. The number of benzene rings is 2. The van der Waals surface area contributed by atoms with Gasteiger partial charge in [0.05, 0.1) is 22.8 Å². The van der Waals surface area contributed by atoms with Gasteiger partial charge in [0.1, 0.15) is 11.6 Å². The molecule has 3 aromatic rings. The number of nitrogens with one attached hydrogen (secondary N) is 1. The lowest BCUT2D eigenvalue weighted by molar-refractivity contribution is 0.521. The van der Waals surface area contributed by atoms with E-state index in [1.807, 2.05) is 30.3 Å². The number of aromatic nitrogens is 2. The Morgan fingerprint density at radius 2 is 1.56 bits per heavy atom. The van der Waals surface area contributed by atoms with Crippen LogP contribution in [-0.2, 0) is 10.0 Å². The number of anilines is 1. The van der Waals surface area contributed by atoms with Crippen LogP contribution >= 0.6 is 0 Å². The molecule has 0 saturated heterocycles. The molecule has 0 atom stereocenters. The second kappa shape index (κ2) is 6.29. The molecule has 130 valence electrons. The number of halogens is 2. The normalized spacial score (nSPS) is 11.5. The van der Waals surface area contributed by atoms with E-state index in [0.717, 1.165) is 23.9 Å². The lowest BCUT2D eigenvalue weighted by atomic mass is 10.3. The molecule has 0 bridgehead atoms. The highest BCUT2D eigenvalue weighted by atomic mass is 32.2. The van der Waals surface area contributed by atoms with Crippen LogP contribution in [0.4, 0.5) is 14.5 Å². The van der Waals surface area contributed by atoms with Crippen LogP contribution in [0.15, 0.2) is 53.4 Å². The molecule has 3 rings (SSSR count). The van der Waals surface area contributed by atoms with E-state index in [0.29, 0.717) is 11.4 Å². The van der Waals surface area contributed by atoms with Crippen LogP contribution in [0.3, 0.4) is 0 Å². The van der Waals surface area contributed by atoms with Gasteiger partial charge in [0.25, 0.3) is 10.0 Å².